The largest absolute Gasteiger partial charge is 0.440 e. The molecular formula is C16H24N4O3. The van der Waals surface area contributed by atoms with Crippen molar-refractivity contribution < 1.29 is 13.9 Å². The van der Waals surface area contributed by atoms with Crippen molar-refractivity contribution in [2.24, 2.45) is 5.10 Å². The van der Waals surface area contributed by atoms with E-state index in [0.29, 0.717) is 25.5 Å². The summed E-state index contributed by atoms with van der Waals surface area (Å²) in [7, 11) is 0. The molecule has 2 saturated heterocycles. The topological polar surface area (TPSA) is 70.3 Å². The molecule has 3 heterocycles. The Balaban J connectivity index is 1.44. The summed E-state index contributed by atoms with van der Waals surface area (Å²) < 4.78 is 11.0. The fourth-order valence-corrected chi connectivity index (χ4v) is 2.86. The van der Waals surface area contributed by atoms with E-state index in [9.17, 15) is 4.79 Å². The van der Waals surface area contributed by atoms with Crippen LogP contribution in [0.15, 0.2) is 21.7 Å². The van der Waals surface area contributed by atoms with Crippen LogP contribution in [-0.4, -0.2) is 63.0 Å². The van der Waals surface area contributed by atoms with Crippen molar-refractivity contribution in [1.29, 1.82) is 0 Å². The Morgan fingerprint density at radius 2 is 1.96 bits per heavy atom. The van der Waals surface area contributed by atoms with Crippen molar-refractivity contribution in [3.63, 3.8) is 0 Å². The number of nitrogens with one attached hydrogen (secondary N) is 1. The number of hydrogen-bond donors (Lipinski definition) is 1. The van der Waals surface area contributed by atoms with Gasteiger partial charge in [0.05, 0.1) is 26.0 Å². The van der Waals surface area contributed by atoms with E-state index < -0.39 is 0 Å². The maximum atomic E-state index is 11.8. The molecule has 1 N–H and O–H groups in total. The number of morpholine rings is 1. The summed E-state index contributed by atoms with van der Waals surface area (Å²) in [5.74, 6) is 1.41. The Bertz CT molecular complexity index is 531. The van der Waals surface area contributed by atoms with E-state index in [2.05, 4.69) is 20.3 Å². The number of piperidine rings is 1. The highest BCUT2D eigenvalue weighted by atomic mass is 16.5. The number of furan rings is 1. The van der Waals surface area contributed by atoms with Crippen molar-refractivity contribution in [2.75, 3.05) is 50.8 Å². The van der Waals surface area contributed by atoms with Crippen LogP contribution >= 0.6 is 0 Å². The molecule has 0 saturated carbocycles. The molecule has 0 aromatic carbocycles. The van der Waals surface area contributed by atoms with Gasteiger partial charge in [0.15, 0.2) is 5.88 Å². The third kappa shape index (κ3) is 4.80. The van der Waals surface area contributed by atoms with Crippen molar-refractivity contribution in [3.05, 3.63) is 17.9 Å². The number of hydrogen-bond acceptors (Lipinski definition) is 6. The predicted molar refractivity (Wildman–Crippen MR) is 87.8 cm³/mol. The van der Waals surface area contributed by atoms with E-state index >= 15 is 0 Å². The Morgan fingerprint density at radius 3 is 2.74 bits per heavy atom. The first-order valence-electron chi connectivity index (χ1n) is 8.28. The van der Waals surface area contributed by atoms with Gasteiger partial charge in [0.2, 0.25) is 0 Å². The number of carbonyl (C=O) groups excluding carboxylic acids is 1. The molecule has 0 atom stereocenters. The second-order valence-corrected chi connectivity index (χ2v) is 5.91. The Hall–Kier alpha value is -1.86. The van der Waals surface area contributed by atoms with Crippen LogP contribution in [0, 0.1) is 0 Å². The molecule has 1 aromatic rings. The van der Waals surface area contributed by atoms with E-state index in [4.69, 9.17) is 9.15 Å². The smallest absolute Gasteiger partial charge is 0.254 e. The van der Waals surface area contributed by atoms with E-state index in [-0.39, 0.29) is 5.91 Å². The lowest BCUT2D eigenvalue weighted by atomic mass is 10.1. The highest BCUT2D eigenvalue weighted by molar-refractivity contribution is 5.81. The molecule has 23 heavy (non-hydrogen) atoms. The van der Waals surface area contributed by atoms with Crippen LogP contribution in [0.3, 0.4) is 0 Å². The normalized spacial score (nSPS) is 20.1. The Kier molecular flexibility index (Phi) is 5.65. The lowest BCUT2D eigenvalue weighted by Gasteiger charge is -2.25. The van der Waals surface area contributed by atoms with Gasteiger partial charge in [-0.15, -0.1) is 0 Å². The highest BCUT2D eigenvalue weighted by Crippen LogP contribution is 2.21. The number of carbonyl (C=O) groups is 1. The van der Waals surface area contributed by atoms with Crippen LogP contribution in [0.2, 0.25) is 0 Å². The molecule has 0 aliphatic carbocycles. The summed E-state index contributed by atoms with van der Waals surface area (Å²) in [4.78, 5) is 16.1. The molecule has 1 aromatic heterocycles. The van der Waals surface area contributed by atoms with Gasteiger partial charge in [-0.05, 0) is 25.3 Å². The molecule has 1 amide bonds. The molecule has 0 radical (unpaired) electrons. The van der Waals surface area contributed by atoms with E-state index in [1.807, 2.05) is 12.1 Å². The molecule has 0 bridgehead atoms. The number of nitrogens with zero attached hydrogens (tertiary/aromatic N) is 3. The zero-order chi connectivity index (χ0) is 15.9. The lowest BCUT2D eigenvalue weighted by Crippen LogP contribution is -2.42. The minimum atomic E-state index is -0.119. The number of hydrazone groups is 1. The predicted octanol–water partition coefficient (Wildman–Crippen LogP) is 1.05. The average Bonchev–Trinajstić information content (AvgIpc) is 3.05. The first kappa shape index (κ1) is 16.0. The van der Waals surface area contributed by atoms with Crippen LogP contribution in [0.4, 0.5) is 5.88 Å². The molecule has 2 aliphatic heterocycles. The Labute approximate surface area is 136 Å². The van der Waals surface area contributed by atoms with Crippen molar-refractivity contribution in [1.82, 2.24) is 10.3 Å². The molecule has 3 rings (SSSR count). The van der Waals surface area contributed by atoms with Gasteiger partial charge < -0.3 is 14.1 Å². The second kappa shape index (κ2) is 8.12. The SMILES string of the molecule is O=C(CN1CCOCC1)N/N=C/c1ccc(N2CCCCC2)o1. The summed E-state index contributed by atoms with van der Waals surface area (Å²) in [6.07, 6.45) is 5.26. The molecule has 7 nitrogen and oxygen atoms in total. The summed E-state index contributed by atoms with van der Waals surface area (Å²) in [6.45, 7) is 5.37. The van der Waals surface area contributed by atoms with Gasteiger partial charge in [-0.2, -0.15) is 5.10 Å². The van der Waals surface area contributed by atoms with Crippen LogP contribution in [0.5, 0.6) is 0 Å². The number of amides is 1. The maximum Gasteiger partial charge on any atom is 0.254 e. The fraction of sp³-hybridized carbons (Fsp3) is 0.625. The summed E-state index contributed by atoms with van der Waals surface area (Å²) in [5.41, 5.74) is 2.54. The average molecular weight is 320 g/mol. The van der Waals surface area contributed by atoms with Crippen LogP contribution in [0.25, 0.3) is 0 Å². The number of anilines is 1. The molecule has 126 valence electrons. The van der Waals surface area contributed by atoms with Gasteiger partial charge in [0, 0.05) is 32.2 Å². The van der Waals surface area contributed by atoms with Crippen molar-refractivity contribution in [2.45, 2.75) is 19.3 Å². The first-order chi connectivity index (χ1) is 11.3. The fourth-order valence-electron chi connectivity index (χ4n) is 2.86. The van der Waals surface area contributed by atoms with E-state index in [1.54, 1.807) is 6.21 Å². The third-order valence-electron chi connectivity index (χ3n) is 4.13. The molecular weight excluding hydrogens is 296 g/mol. The van der Waals surface area contributed by atoms with Gasteiger partial charge in [0.25, 0.3) is 5.91 Å². The van der Waals surface area contributed by atoms with Crippen molar-refractivity contribution >= 4 is 18.0 Å². The standard InChI is InChI=1S/C16H24N4O3/c21-15(13-19-8-10-22-11-9-19)18-17-12-14-4-5-16(23-14)20-6-2-1-3-7-20/h4-5,12H,1-3,6-11,13H2,(H,18,21)/b17-12+. The van der Waals surface area contributed by atoms with Crippen LogP contribution in [-0.2, 0) is 9.53 Å². The van der Waals surface area contributed by atoms with Crippen molar-refractivity contribution in [3.8, 4) is 0 Å². The number of rotatable bonds is 5. The summed E-state index contributed by atoms with van der Waals surface area (Å²) in [5, 5.41) is 3.97. The minimum Gasteiger partial charge on any atom is -0.440 e. The summed E-state index contributed by atoms with van der Waals surface area (Å²) in [6, 6.07) is 3.84. The van der Waals surface area contributed by atoms with Crippen LogP contribution in [0.1, 0.15) is 25.0 Å². The highest BCUT2D eigenvalue weighted by Gasteiger charge is 2.15. The van der Waals surface area contributed by atoms with Crippen LogP contribution < -0.4 is 10.3 Å². The summed E-state index contributed by atoms with van der Waals surface area (Å²) >= 11 is 0. The first-order valence-corrected chi connectivity index (χ1v) is 8.28. The molecule has 7 heteroatoms. The monoisotopic (exact) mass is 320 g/mol. The molecule has 2 fully saturated rings. The molecule has 0 unspecified atom stereocenters. The second-order valence-electron chi connectivity index (χ2n) is 5.91. The quantitative estimate of drug-likeness (QED) is 0.649. The van der Waals surface area contributed by atoms with Gasteiger partial charge in [-0.1, -0.05) is 0 Å². The molecule has 2 aliphatic rings. The zero-order valence-corrected chi connectivity index (χ0v) is 13.4. The Morgan fingerprint density at radius 1 is 1.17 bits per heavy atom. The minimum absolute atomic E-state index is 0.119. The number of ether oxygens (including phenoxy) is 1. The van der Waals surface area contributed by atoms with Gasteiger partial charge >= 0.3 is 0 Å². The zero-order valence-electron chi connectivity index (χ0n) is 13.4. The van der Waals surface area contributed by atoms with E-state index in [1.165, 1.54) is 19.3 Å². The van der Waals surface area contributed by atoms with Gasteiger partial charge in [0.1, 0.15) is 5.76 Å². The lowest BCUT2D eigenvalue weighted by molar-refractivity contribution is -0.123. The van der Waals surface area contributed by atoms with Gasteiger partial charge in [-0.25, -0.2) is 5.43 Å². The van der Waals surface area contributed by atoms with E-state index in [0.717, 1.165) is 32.1 Å². The van der Waals surface area contributed by atoms with Gasteiger partial charge in [-0.3, -0.25) is 9.69 Å². The third-order valence-corrected chi connectivity index (χ3v) is 4.13. The maximum absolute atomic E-state index is 11.8. The molecule has 0 spiro atoms.